The van der Waals surface area contributed by atoms with E-state index in [1.165, 1.54) is 11.3 Å². The van der Waals surface area contributed by atoms with E-state index < -0.39 is 5.97 Å². The van der Waals surface area contributed by atoms with Gasteiger partial charge in [0.1, 0.15) is 5.52 Å². The lowest BCUT2D eigenvalue weighted by atomic mass is 10.3. The lowest BCUT2D eigenvalue weighted by Gasteiger charge is -1.88. The molecule has 0 aromatic carbocycles. The molecule has 0 bridgehead atoms. The maximum absolute atomic E-state index is 10.4. The molecule has 2 heterocycles. The highest BCUT2D eigenvalue weighted by molar-refractivity contribution is 7.17. The highest BCUT2D eigenvalue weighted by Crippen LogP contribution is 2.22. The Bertz CT molecular complexity index is 418. The lowest BCUT2D eigenvalue weighted by molar-refractivity contribution is -0.136. The Morgan fingerprint density at radius 1 is 1.75 bits per heavy atom. The number of aromatic amines is 1. The molecule has 0 amide bonds. The van der Waals surface area contributed by atoms with Crippen LogP contribution in [0.1, 0.15) is 5.69 Å². The van der Waals surface area contributed by atoms with Crippen LogP contribution < -0.4 is 0 Å². The maximum Gasteiger partial charge on any atom is 0.309 e. The molecule has 0 atom stereocenters. The molecule has 0 saturated heterocycles. The van der Waals surface area contributed by atoms with Gasteiger partial charge in [-0.25, -0.2) is 0 Å². The zero-order valence-electron chi connectivity index (χ0n) is 6.07. The smallest absolute Gasteiger partial charge is 0.309 e. The fourth-order valence-corrected chi connectivity index (χ4v) is 1.89. The van der Waals surface area contributed by atoms with Crippen molar-refractivity contribution in [1.82, 2.24) is 10.2 Å². The van der Waals surface area contributed by atoms with Crippen LogP contribution in [0.25, 0.3) is 10.2 Å². The summed E-state index contributed by atoms with van der Waals surface area (Å²) in [6.07, 6.45) is 0.0109. The van der Waals surface area contributed by atoms with Gasteiger partial charge < -0.3 is 5.11 Å². The summed E-state index contributed by atoms with van der Waals surface area (Å²) in [6.45, 7) is 0. The first-order chi connectivity index (χ1) is 5.77. The second kappa shape index (κ2) is 2.60. The fourth-order valence-electron chi connectivity index (χ4n) is 1.07. The van der Waals surface area contributed by atoms with E-state index in [1.54, 1.807) is 0 Å². The minimum atomic E-state index is -0.839. The topological polar surface area (TPSA) is 66.0 Å². The first-order valence-electron chi connectivity index (χ1n) is 3.39. The molecule has 0 aliphatic rings. The molecular weight excluding hydrogens is 176 g/mol. The molecule has 0 aliphatic heterocycles. The van der Waals surface area contributed by atoms with E-state index >= 15 is 0 Å². The summed E-state index contributed by atoms with van der Waals surface area (Å²) in [5.74, 6) is -0.839. The number of thiophene rings is 1. The number of H-pyrrole nitrogens is 1. The third-order valence-corrected chi connectivity index (χ3v) is 2.52. The van der Waals surface area contributed by atoms with Crippen molar-refractivity contribution in [2.75, 3.05) is 0 Å². The molecule has 0 unspecified atom stereocenters. The van der Waals surface area contributed by atoms with Crippen molar-refractivity contribution in [1.29, 1.82) is 0 Å². The predicted molar refractivity (Wildman–Crippen MR) is 45.3 cm³/mol. The third-order valence-electron chi connectivity index (χ3n) is 1.56. The average molecular weight is 182 g/mol. The van der Waals surface area contributed by atoms with Gasteiger partial charge in [-0.2, -0.15) is 5.10 Å². The molecule has 0 aliphatic carbocycles. The van der Waals surface area contributed by atoms with Crippen LogP contribution >= 0.6 is 11.3 Å². The highest BCUT2D eigenvalue weighted by atomic mass is 32.1. The molecule has 0 fully saturated rings. The van der Waals surface area contributed by atoms with Crippen LogP contribution in [0.5, 0.6) is 0 Å². The Morgan fingerprint density at radius 2 is 2.58 bits per heavy atom. The number of hydrogen-bond acceptors (Lipinski definition) is 3. The van der Waals surface area contributed by atoms with Crippen LogP contribution in [0.15, 0.2) is 11.4 Å². The molecule has 0 saturated carbocycles. The lowest BCUT2D eigenvalue weighted by Crippen LogP contribution is -2.00. The quantitative estimate of drug-likeness (QED) is 0.734. The molecule has 2 aromatic heterocycles. The van der Waals surface area contributed by atoms with Crippen LogP contribution in [-0.4, -0.2) is 21.3 Å². The van der Waals surface area contributed by atoms with Crippen molar-refractivity contribution < 1.29 is 9.90 Å². The second-order valence-corrected chi connectivity index (χ2v) is 3.32. The number of carbonyl (C=O) groups is 1. The molecule has 2 rings (SSSR count). The van der Waals surface area contributed by atoms with E-state index in [0.717, 1.165) is 10.2 Å². The second-order valence-electron chi connectivity index (χ2n) is 2.41. The Balaban J connectivity index is 2.47. The van der Waals surface area contributed by atoms with E-state index in [4.69, 9.17) is 5.11 Å². The number of aromatic nitrogens is 2. The monoisotopic (exact) mass is 182 g/mol. The molecular formula is C7H6N2O2S. The molecule has 0 spiro atoms. The first kappa shape index (κ1) is 7.30. The van der Waals surface area contributed by atoms with Crippen molar-refractivity contribution in [3.8, 4) is 0 Å². The van der Waals surface area contributed by atoms with Gasteiger partial charge in [0.2, 0.25) is 0 Å². The molecule has 62 valence electrons. The number of carboxylic acids is 1. The fraction of sp³-hybridized carbons (Fsp3) is 0.143. The number of nitrogens with one attached hydrogen (secondary N) is 1. The summed E-state index contributed by atoms with van der Waals surface area (Å²) in [5, 5.41) is 17.1. The van der Waals surface area contributed by atoms with Crippen molar-refractivity contribution in [2.45, 2.75) is 6.42 Å². The largest absolute Gasteiger partial charge is 0.481 e. The van der Waals surface area contributed by atoms with Gasteiger partial charge in [0.15, 0.2) is 0 Å². The van der Waals surface area contributed by atoms with Gasteiger partial charge in [0, 0.05) is 0 Å². The number of nitrogens with zero attached hydrogens (tertiary/aromatic N) is 1. The van der Waals surface area contributed by atoms with Crippen LogP contribution in [0.3, 0.4) is 0 Å². The van der Waals surface area contributed by atoms with E-state index in [2.05, 4.69) is 10.2 Å². The standard InChI is InChI=1S/C7H6N2O2S/c10-6(11)3-5-7-4(8-9-5)1-2-12-7/h1-2H,3H2,(H,8,9)(H,10,11). The highest BCUT2D eigenvalue weighted by Gasteiger charge is 2.08. The molecule has 4 nitrogen and oxygen atoms in total. The summed E-state index contributed by atoms with van der Waals surface area (Å²) < 4.78 is 0.942. The van der Waals surface area contributed by atoms with Crippen LogP contribution in [0.2, 0.25) is 0 Å². The Hall–Kier alpha value is -1.36. The van der Waals surface area contributed by atoms with Gasteiger partial charge in [0.05, 0.1) is 16.8 Å². The van der Waals surface area contributed by atoms with Gasteiger partial charge in [-0.05, 0) is 11.4 Å². The zero-order valence-corrected chi connectivity index (χ0v) is 6.89. The molecule has 2 aromatic rings. The van der Waals surface area contributed by atoms with Gasteiger partial charge in [-0.15, -0.1) is 11.3 Å². The van der Waals surface area contributed by atoms with Gasteiger partial charge >= 0.3 is 5.97 Å². The van der Waals surface area contributed by atoms with Crippen molar-refractivity contribution >= 4 is 27.5 Å². The number of carboxylic acid groups (broad SMARTS) is 1. The van der Waals surface area contributed by atoms with Crippen LogP contribution in [0.4, 0.5) is 0 Å². The number of fused-ring (bicyclic) bond motifs is 1. The van der Waals surface area contributed by atoms with Crippen molar-refractivity contribution in [3.63, 3.8) is 0 Å². The summed E-state index contributed by atoms with van der Waals surface area (Å²) in [6, 6.07) is 1.86. The Kier molecular flexibility index (Phi) is 1.58. The van der Waals surface area contributed by atoms with E-state index in [0.29, 0.717) is 5.69 Å². The molecule has 12 heavy (non-hydrogen) atoms. The minimum absolute atomic E-state index is 0.0109. The van der Waals surface area contributed by atoms with Crippen molar-refractivity contribution in [3.05, 3.63) is 17.1 Å². The zero-order chi connectivity index (χ0) is 8.55. The molecule has 5 heteroatoms. The summed E-state index contributed by atoms with van der Waals surface area (Å²) >= 11 is 1.51. The van der Waals surface area contributed by atoms with E-state index in [-0.39, 0.29) is 6.42 Å². The summed E-state index contributed by atoms with van der Waals surface area (Å²) in [4.78, 5) is 10.4. The van der Waals surface area contributed by atoms with Gasteiger partial charge in [-0.3, -0.25) is 9.89 Å². The molecule has 0 radical (unpaired) electrons. The van der Waals surface area contributed by atoms with E-state index in [9.17, 15) is 4.79 Å². The van der Waals surface area contributed by atoms with Gasteiger partial charge in [-0.1, -0.05) is 0 Å². The Labute approximate surface area is 71.8 Å². The number of rotatable bonds is 2. The van der Waals surface area contributed by atoms with E-state index in [1.807, 2.05) is 11.4 Å². The molecule has 2 N–H and O–H groups in total. The minimum Gasteiger partial charge on any atom is -0.481 e. The summed E-state index contributed by atoms with van der Waals surface area (Å²) in [7, 11) is 0. The first-order valence-corrected chi connectivity index (χ1v) is 4.27. The Morgan fingerprint density at radius 3 is 3.33 bits per heavy atom. The summed E-state index contributed by atoms with van der Waals surface area (Å²) in [5.41, 5.74) is 1.53. The SMILES string of the molecule is O=C(O)Cc1[nH]nc2ccsc12. The van der Waals surface area contributed by atoms with Crippen LogP contribution in [-0.2, 0) is 11.2 Å². The van der Waals surface area contributed by atoms with Crippen LogP contribution in [0, 0.1) is 0 Å². The van der Waals surface area contributed by atoms with Crippen molar-refractivity contribution in [2.24, 2.45) is 0 Å². The number of aliphatic carboxylic acids is 1. The number of hydrogen-bond donors (Lipinski definition) is 2. The predicted octanol–water partition coefficient (Wildman–Crippen LogP) is 1.25. The maximum atomic E-state index is 10.4. The average Bonchev–Trinajstić information content (AvgIpc) is 2.52. The normalized spacial score (nSPS) is 10.7. The third kappa shape index (κ3) is 1.08. The van der Waals surface area contributed by atoms with Gasteiger partial charge in [0.25, 0.3) is 0 Å².